The van der Waals surface area contributed by atoms with E-state index in [1.54, 1.807) is 0 Å². The van der Waals surface area contributed by atoms with Crippen molar-refractivity contribution < 1.29 is 4.21 Å². The molecule has 0 amide bonds. The van der Waals surface area contributed by atoms with Crippen molar-refractivity contribution >= 4 is 10.8 Å². The number of hydrogen-bond donors (Lipinski definition) is 1. The van der Waals surface area contributed by atoms with Gasteiger partial charge < -0.3 is 5.32 Å². The summed E-state index contributed by atoms with van der Waals surface area (Å²) in [4.78, 5) is 0. The van der Waals surface area contributed by atoms with Crippen LogP contribution in [-0.2, 0) is 10.8 Å². The molecule has 0 spiro atoms. The Labute approximate surface area is 72.2 Å². The lowest BCUT2D eigenvalue weighted by molar-refractivity contribution is 0.583. The zero-order chi connectivity index (χ0) is 8.85. The highest BCUT2D eigenvalue weighted by Crippen LogP contribution is 2.02. The van der Waals surface area contributed by atoms with Crippen molar-refractivity contribution in [2.24, 2.45) is 0 Å². The SMILES string of the molecule is CCCS(=O)C(C)C(C)NC. The number of nitrogens with one attached hydrogen (secondary N) is 1. The van der Waals surface area contributed by atoms with Gasteiger partial charge >= 0.3 is 0 Å². The summed E-state index contributed by atoms with van der Waals surface area (Å²) in [6, 6.07) is 0.349. The smallest absolute Gasteiger partial charge is 0.0470 e. The maximum atomic E-state index is 11.4. The molecule has 3 unspecified atom stereocenters. The minimum absolute atomic E-state index is 0.264. The zero-order valence-electron chi connectivity index (χ0n) is 7.89. The highest BCUT2D eigenvalue weighted by Gasteiger charge is 2.15. The lowest BCUT2D eigenvalue weighted by atomic mass is 10.3. The molecular weight excluding hydrogens is 158 g/mol. The largest absolute Gasteiger partial charge is 0.316 e. The lowest BCUT2D eigenvalue weighted by Gasteiger charge is -2.17. The molecule has 0 rings (SSSR count). The molecule has 68 valence electrons. The van der Waals surface area contributed by atoms with Gasteiger partial charge in [-0.15, -0.1) is 0 Å². The van der Waals surface area contributed by atoms with Crippen molar-refractivity contribution in [3.8, 4) is 0 Å². The normalized spacial score (nSPS) is 19.3. The Balaban J connectivity index is 3.80. The maximum Gasteiger partial charge on any atom is 0.0470 e. The second-order valence-electron chi connectivity index (χ2n) is 2.87. The zero-order valence-corrected chi connectivity index (χ0v) is 8.70. The van der Waals surface area contributed by atoms with E-state index in [1.807, 2.05) is 14.0 Å². The van der Waals surface area contributed by atoms with Crippen molar-refractivity contribution in [1.82, 2.24) is 5.32 Å². The molecule has 0 saturated heterocycles. The molecule has 1 N–H and O–H groups in total. The Hall–Kier alpha value is 0.110. The van der Waals surface area contributed by atoms with E-state index in [-0.39, 0.29) is 5.25 Å². The van der Waals surface area contributed by atoms with Crippen molar-refractivity contribution in [1.29, 1.82) is 0 Å². The summed E-state index contributed by atoms with van der Waals surface area (Å²) >= 11 is 0. The topological polar surface area (TPSA) is 29.1 Å². The van der Waals surface area contributed by atoms with E-state index in [0.717, 1.165) is 12.2 Å². The lowest BCUT2D eigenvalue weighted by Crippen LogP contribution is -2.36. The van der Waals surface area contributed by atoms with Crippen molar-refractivity contribution in [3.63, 3.8) is 0 Å². The standard InChI is InChI=1S/C8H19NOS/c1-5-6-11(10)8(3)7(2)9-4/h7-9H,5-6H2,1-4H3. The molecule has 11 heavy (non-hydrogen) atoms. The molecule has 0 aromatic carbocycles. The predicted octanol–water partition coefficient (Wildman–Crippen LogP) is 1.14. The summed E-state index contributed by atoms with van der Waals surface area (Å²) in [5.41, 5.74) is 0. The highest BCUT2D eigenvalue weighted by atomic mass is 32.2. The highest BCUT2D eigenvalue weighted by molar-refractivity contribution is 7.85. The molecule has 0 bridgehead atoms. The molecule has 0 radical (unpaired) electrons. The molecule has 0 aliphatic heterocycles. The Morgan fingerprint density at radius 1 is 1.45 bits per heavy atom. The van der Waals surface area contributed by atoms with Gasteiger partial charge in [0, 0.05) is 27.8 Å². The van der Waals surface area contributed by atoms with Gasteiger partial charge in [-0.3, -0.25) is 4.21 Å². The van der Waals surface area contributed by atoms with E-state index in [1.165, 1.54) is 0 Å². The van der Waals surface area contributed by atoms with Crippen LogP contribution in [-0.4, -0.2) is 28.3 Å². The summed E-state index contributed by atoms with van der Waals surface area (Å²) < 4.78 is 11.4. The van der Waals surface area contributed by atoms with Gasteiger partial charge in [-0.1, -0.05) is 6.92 Å². The first-order chi connectivity index (χ1) is 5.13. The number of rotatable bonds is 5. The van der Waals surface area contributed by atoms with Crippen molar-refractivity contribution in [3.05, 3.63) is 0 Å². The summed E-state index contributed by atoms with van der Waals surface area (Å²) in [5.74, 6) is 0.827. The molecule has 0 aliphatic rings. The van der Waals surface area contributed by atoms with Gasteiger partial charge in [0.05, 0.1) is 0 Å². The van der Waals surface area contributed by atoms with Crippen molar-refractivity contribution in [2.45, 2.75) is 38.5 Å². The van der Waals surface area contributed by atoms with Crippen LogP contribution < -0.4 is 5.32 Å². The van der Waals surface area contributed by atoms with E-state index in [2.05, 4.69) is 19.2 Å². The second kappa shape index (κ2) is 5.72. The van der Waals surface area contributed by atoms with E-state index in [0.29, 0.717) is 6.04 Å². The van der Waals surface area contributed by atoms with E-state index >= 15 is 0 Å². The Morgan fingerprint density at radius 2 is 2.00 bits per heavy atom. The first kappa shape index (κ1) is 11.1. The average molecular weight is 177 g/mol. The molecule has 3 atom stereocenters. The predicted molar refractivity (Wildman–Crippen MR) is 51.3 cm³/mol. The fourth-order valence-electron chi connectivity index (χ4n) is 0.849. The fourth-order valence-corrected chi connectivity index (χ4v) is 2.22. The minimum Gasteiger partial charge on any atom is -0.316 e. The van der Waals surface area contributed by atoms with Crippen LogP contribution in [0.3, 0.4) is 0 Å². The Bertz CT molecular complexity index is 127. The van der Waals surface area contributed by atoms with Gasteiger partial charge in [0.15, 0.2) is 0 Å². The summed E-state index contributed by atoms with van der Waals surface area (Å²) in [7, 11) is 1.25. The fraction of sp³-hybridized carbons (Fsp3) is 1.00. The van der Waals surface area contributed by atoms with Crippen LogP contribution in [0.15, 0.2) is 0 Å². The minimum atomic E-state index is -0.657. The van der Waals surface area contributed by atoms with Gasteiger partial charge in [-0.2, -0.15) is 0 Å². The second-order valence-corrected chi connectivity index (χ2v) is 4.78. The van der Waals surface area contributed by atoms with Crippen LogP contribution in [0.1, 0.15) is 27.2 Å². The third-order valence-electron chi connectivity index (χ3n) is 1.98. The summed E-state index contributed by atoms with van der Waals surface area (Å²) in [5, 5.41) is 3.37. The first-order valence-corrected chi connectivity index (χ1v) is 5.56. The van der Waals surface area contributed by atoms with Gasteiger partial charge in [-0.25, -0.2) is 0 Å². The molecule has 0 aliphatic carbocycles. The summed E-state index contributed by atoms with van der Waals surface area (Å²) in [6.45, 7) is 6.17. The molecule has 2 nitrogen and oxygen atoms in total. The third-order valence-corrected chi connectivity index (χ3v) is 4.03. The van der Waals surface area contributed by atoms with E-state index in [4.69, 9.17) is 0 Å². The van der Waals surface area contributed by atoms with Crippen LogP contribution in [0.4, 0.5) is 0 Å². The van der Waals surface area contributed by atoms with Gasteiger partial charge in [0.2, 0.25) is 0 Å². The molecule has 0 heterocycles. The van der Waals surface area contributed by atoms with E-state index in [9.17, 15) is 4.21 Å². The Morgan fingerprint density at radius 3 is 2.36 bits per heavy atom. The van der Waals surface area contributed by atoms with Crippen molar-refractivity contribution in [2.75, 3.05) is 12.8 Å². The van der Waals surface area contributed by atoms with Crippen LogP contribution in [0.25, 0.3) is 0 Å². The first-order valence-electron chi connectivity index (χ1n) is 4.17. The van der Waals surface area contributed by atoms with E-state index < -0.39 is 10.8 Å². The molecule has 0 aromatic rings. The van der Waals surface area contributed by atoms with Gasteiger partial charge in [-0.05, 0) is 27.3 Å². The summed E-state index contributed by atoms with van der Waals surface area (Å²) in [6.07, 6.45) is 1.01. The average Bonchev–Trinajstić information content (AvgIpc) is 2.02. The van der Waals surface area contributed by atoms with Gasteiger partial charge in [0.25, 0.3) is 0 Å². The van der Waals surface area contributed by atoms with Crippen LogP contribution in [0.5, 0.6) is 0 Å². The molecule has 3 heteroatoms. The Kier molecular flexibility index (Phi) is 5.78. The number of hydrogen-bond acceptors (Lipinski definition) is 2. The molecule has 0 saturated carbocycles. The quantitative estimate of drug-likeness (QED) is 0.682. The van der Waals surface area contributed by atoms with Crippen LogP contribution >= 0.6 is 0 Å². The maximum absolute atomic E-state index is 11.4. The third kappa shape index (κ3) is 3.87. The molecule has 0 aromatic heterocycles. The monoisotopic (exact) mass is 177 g/mol. The van der Waals surface area contributed by atoms with Gasteiger partial charge in [0.1, 0.15) is 0 Å². The molecular formula is C8H19NOS. The van der Waals surface area contributed by atoms with Crippen LogP contribution in [0, 0.1) is 0 Å². The van der Waals surface area contributed by atoms with Crippen LogP contribution in [0.2, 0.25) is 0 Å². The molecule has 0 fully saturated rings.